The van der Waals surface area contributed by atoms with Crippen LogP contribution in [0.2, 0.25) is 0 Å². The minimum Gasteiger partial charge on any atom is -0.488 e. The van der Waals surface area contributed by atoms with Crippen molar-refractivity contribution < 1.29 is 23.2 Å². The third kappa shape index (κ3) is 5.25. The summed E-state index contributed by atoms with van der Waals surface area (Å²) in [7, 11) is -2.74. The number of amides is 1. The number of halogens is 1. The smallest absolute Gasteiger partial charge is 0.264 e. The molecule has 0 spiro atoms. The third-order valence-electron chi connectivity index (χ3n) is 5.51. The van der Waals surface area contributed by atoms with Crippen LogP contribution in [-0.2, 0) is 9.71 Å². The number of aliphatic hydroxyl groups excluding tert-OH is 1. The topological polar surface area (TPSA) is 118 Å². The van der Waals surface area contributed by atoms with Crippen LogP contribution in [0.3, 0.4) is 0 Å². The minimum atomic E-state index is -2.74. The van der Waals surface area contributed by atoms with Gasteiger partial charge in [-0.25, -0.2) is 18.1 Å². The van der Waals surface area contributed by atoms with Gasteiger partial charge in [-0.1, -0.05) is 0 Å². The van der Waals surface area contributed by atoms with E-state index in [1.165, 1.54) is 35.4 Å². The number of aliphatic hydroxyl groups is 1. The molecule has 2 aromatic heterocycles. The summed E-state index contributed by atoms with van der Waals surface area (Å²) >= 11 is 0. The van der Waals surface area contributed by atoms with Crippen molar-refractivity contribution in [3.8, 4) is 5.75 Å². The summed E-state index contributed by atoms with van der Waals surface area (Å²) in [6.45, 7) is 1.73. The number of anilines is 2. The number of nitrogens with one attached hydrogen (secondary N) is 2. The molecule has 3 N–H and O–H groups in total. The predicted octanol–water partition coefficient (Wildman–Crippen LogP) is 2.59. The minimum absolute atomic E-state index is 0.127. The Kier molecular flexibility index (Phi) is 6.26. The SMILES string of the molecule is C=S(C)(=O)NC(=O)c1cn2ncnc(Nc3ccc(F)cc3OC3CCC(O)CC3)c2c1C. The lowest BCUT2D eigenvalue weighted by molar-refractivity contribution is 0.0668. The Bertz CT molecular complexity index is 1300. The van der Waals surface area contributed by atoms with Crippen molar-refractivity contribution in [2.45, 2.75) is 44.8 Å². The summed E-state index contributed by atoms with van der Waals surface area (Å²) < 4.78 is 35.8. The van der Waals surface area contributed by atoms with Gasteiger partial charge in [-0.2, -0.15) is 5.10 Å². The van der Waals surface area contributed by atoms with Crippen LogP contribution in [0.25, 0.3) is 5.52 Å². The van der Waals surface area contributed by atoms with Crippen LogP contribution in [0.15, 0.2) is 30.7 Å². The number of carbonyl (C=O) groups is 1. The van der Waals surface area contributed by atoms with Gasteiger partial charge in [-0.15, -0.1) is 0 Å². The largest absolute Gasteiger partial charge is 0.488 e. The first kappa shape index (κ1) is 23.0. The highest BCUT2D eigenvalue weighted by molar-refractivity contribution is 7.98. The van der Waals surface area contributed by atoms with Gasteiger partial charge in [0, 0.05) is 28.2 Å². The highest BCUT2D eigenvalue weighted by atomic mass is 32.2. The van der Waals surface area contributed by atoms with Crippen molar-refractivity contribution in [1.29, 1.82) is 0 Å². The second-order valence-corrected chi connectivity index (χ2v) is 10.5. The van der Waals surface area contributed by atoms with Crippen molar-refractivity contribution in [3.05, 3.63) is 47.7 Å². The maximum Gasteiger partial charge on any atom is 0.264 e. The van der Waals surface area contributed by atoms with Gasteiger partial charge in [0.05, 0.1) is 23.5 Å². The first-order valence-corrected chi connectivity index (χ1v) is 12.6. The molecule has 0 saturated heterocycles. The van der Waals surface area contributed by atoms with Gasteiger partial charge in [-0.05, 0) is 56.2 Å². The molecule has 11 heteroatoms. The number of aryl methyl sites for hydroxylation is 1. The van der Waals surface area contributed by atoms with Crippen molar-refractivity contribution in [1.82, 2.24) is 19.3 Å². The lowest BCUT2D eigenvalue weighted by Gasteiger charge is -2.27. The van der Waals surface area contributed by atoms with Crippen LogP contribution in [0.5, 0.6) is 5.75 Å². The summed E-state index contributed by atoms with van der Waals surface area (Å²) in [5.41, 5.74) is 1.90. The molecule has 0 radical (unpaired) electrons. The van der Waals surface area contributed by atoms with Gasteiger partial charge in [0.25, 0.3) is 5.91 Å². The molecule has 1 aliphatic carbocycles. The fourth-order valence-corrected chi connectivity index (χ4v) is 4.40. The van der Waals surface area contributed by atoms with Crippen molar-refractivity contribution >= 4 is 38.5 Å². The monoisotopic (exact) mass is 475 g/mol. The van der Waals surface area contributed by atoms with E-state index in [2.05, 4.69) is 26.0 Å². The van der Waals surface area contributed by atoms with E-state index < -0.39 is 21.4 Å². The van der Waals surface area contributed by atoms with E-state index in [4.69, 9.17) is 4.74 Å². The second-order valence-electron chi connectivity index (χ2n) is 8.32. The van der Waals surface area contributed by atoms with Crippen LogP contribution < -0.4 is 14.8 Å². The highest BCUT2D eigenvalue weighted by Crippen LogP contribution is 2.33. The lowest BCUT2D eigenvalue weighted by Crippen LogP contribution is -2.29. The van der Waals surface area contributed by atoms with E-state index >= 15 is 0 Å². The average molecular weight is 476 g/mol. The second kappa shape index (κ2) is 8.99. The molecule has 1 fully saturated rings. The van der Waals surface area contributed by atoms with E-state index in [-0.39, 0.29) is 17.8 Å². The molecule has 176 valence electrons. The molecule has 1 aromatic carbocycles. The normalized spacial score (nSPS) is 20.2. The Morgan fingerprint density at radius 1 is 1.33 bits per heavy atom. The number of fused-ring (bicyclic) bond motifs is 1. The Balaban J connectivity index is 1.66. The molecule has 9 nitrogen and oxygen atoms in total. The van der Waals surface area contributed by atoms with E-state index in [0.717, 1.165) is 0 Å². The molecule has 0 aliphatic heterocycles. The summed E-state index contributed by atoms with van der Waals surface area (Å²) in [5.74, 6) is 3.21. The van der Waals surface area contributed by atoms with Crippen LogP contribution in [0.1, 0.15) is 41.6 Å². The molecule has 4 rings (SSSR count). The molecule has 1 amide bonds. The molecule has 1 unspecified atom stereocenters. The molecular weight excluding hydrogens is 449 g/mol. The molecule has 3 aromatic rings. The maximum absolute atomic E-state index is 14.0. The molecule has 1 aliphatic rings. The standard InChI is InChI=1S/C22H26FN5O4S/c1-13-17(22(30)27-33(2,3)31)11-28-20(13)21(24-12-25-28)26-18-9-4-14(23)10-19(18)32-16-7-5-15(29)6-8-16/h4,9-12,15-16,29H,2,5-8H2,1,3H3,(H,24,25,26)(H,27,30,31). The first-order valence-electron chi connectivity index (χ1n) is 10.5. The Labute approximate surface area is 191 Å². The van der Waals surface area contributed by atoms with Gasteiger partial charge < -0.3 is 15.2 Å². The predicted molar refractivity (Wildman–Crippen MR) is 125 cm³/mol. The summed E-state index contributed by atoms with van der Waals surface area (Å²) in [6, 6.07) is 4.18. The Hall–Kier alpha value is -3.18. The van der Waals surface area contributed by atoms with Gasteiger partial charge in [0.15, 0.2) is 5.82 Å². The van der Waals surface area contributed by atoms with Gasteiger partial charge in [-0.3, -0.25) is 9.52 Å². The third-order valence-corrected chi connectivity index (χ3v) is 6.13. The van der Waals surface area contributed by atoms with Crippen LogP contribution in [0.4, 0.5) is 15.9 Å². The number of nitrogens with zero attached hydrogens (tertiary/aromatic N) is 3. The average Bonchev–Trinajstić information content (AvgIpc) is 3.08. The lowest BCUT2D eigenvalue weighted by atomic mass is 9.95. The van der Waals surface area contributed by atoms with E-state index in [1.54, 1.807) is 13.0 Å². The molecule has 1 saturated carbocycles. The van der Waals surface area contributed by atoms with Crippen LogP contribution in [-0.4, -0.2) is 54.2 Å². The highest BCUT2D eigenvalue weighted by Gasteiger charge is 2.23. The Morgan fingerprint density at radius 3 is 2.76 bits per heavy atom. The van der Waals surface area contributed by atoms with Crippen molar-refractivity contribution in [2.24, 2.45) is 0 Å². The summed E-state index contributed by atoms with van der Waals surface area (Å²) in [5, 5.41) is 17.1. The fraction of sp³-hybridized carbons (Fsp3) is 0.364. The van der Waals surface area contributed by atoms with E-state index in [9.17, 15) is 18.5 Å². The van der Waals surface area contributed by atoms with Crippen LogP contribution >= 0.6 is 0 Å². The molecule has 1 atom stereocenters. The summed E-state index contributed by atoms with van der Waals surface area (Å²) in [6.07, 6.45) is 6.38. The van der Waals surface area contributed by atoms with Gasteiger partial charge in [0.2, 0.25) is 0 Å². The van der Waals surface area contributed by atoms with Crippen molar-refractivity contribution in [2.75, 3.05) is 11.6 Å². The zero-order valence-electron chi connectivity index (χ0n) is 18.4. The van der Waals surface area contributed by atoms with E-state index in [1.807, 2.05) is 0 Å². The number of aromatic nitrogens is 3. The first-order chi connectivity index (χ1) is 15.6. The van der Waals surface area contributed by atoms with Gasteiger partial charge >= 0.3 is 0 Å². The quantitative estimate of drug-likeness (QED) is 0.469. The Morgan fingerprint density at radius 2 is 2.06 bits per heavy atom. The molecule has 0 bridgehead atoms. The fourth-order valence-electron chi connectivity index (χ4n) is 3.90. The number of carbonyl (C=O) groups excluding carboxylic acids is 1. The summed E-state index contributed by atoms with van der Waals surface area (Å²) in [4.78, 5) is 16.9. The molecule has 2 heterocycles. The van der Waals surface area contributed by atoms with E-state index in [0.29, 0.717) is 54.0 Å². The number of ether oxygens (including phenoxy) is 1. The number of rotatable bonds is 6. The maximum atomic E-state index is 14.0. The number of benzene rings is 1. The zero-order valence-corrected chi connectivity index (χ0v) is 19.2. The van der Waals surface area contributed by atoms with Crippen molar-refractivity contribution in [3.63, 3.8) is 0 Å². The van der Waals surface area contributed by atoms with Crippen LogP contribution in [0, 0.1) is 12.7 Å². The molecule has 33 heavy (non-hydrogen) atoms. The number of hydrogen-bond acceptors (Lipinski definition) is 7. The zero-order chi connectivity index (χ0) is 23.8. The number of hydrogen-bond donors (Lipinski definition) is 3. The van der Waals surface area contributed by atoms with Gasteiger partial charge in [0.1, 0.15) is 23.4 Å². The molecular formula is C22H26FN5O4S.